The van der Waals surface area contributed by atoms with E-state index < -0.39 is 29.1 Å². The van der Waals surface area contributed by atoms with Gasteiger partial charge in [0.2, 0.25) is 0 Å². The lowest BCUT2D eigenvalue weighted by Crippen LogP contribution is -2.43. The molecule has 27 heavy (non-hydrogen) atoms. The maximum atomic E-state index is 13.0. The second-order valence-corrected chi connectivity index (χ2v) is 7.73. The van der Waals surface area contributed by atoms with Crippen LogP contribution in [0.2, 0.25) is 0 Å². The highest BCUT2D eigenvalue weighted by Gasteiger charge is 2.32. The molecule has 2 heterocycles. The molecular formula is C18H22F3N3O3. The highest BCUT2D eigenvalue weighted by molar-refractivity contribution is 5.76. The minimum Gasteiger partial charge on any atom is -0.444 e. The van der Waals surface area contributed by atoms with Crippen LogP contribution in [0, 0.1) is 0 Å². The first-order valence-corrected chi connectivity index (χ1v) is 8.75. The maximum Gasteiger partial charge on any atom is 0.416 e. The molecule has 1 aromatic carbocycles. The maximum absolute atomic E-state index is 13.0. The number of alkyl halides is 3. The summed E-state index contributed by atoms with van der Waals surface area (Å²) in [6, 6.07) is 2.93. The van der Waals surface area contributed by atoms with E-state index in [4.69, 9.17) is 4.74 Å². The number of rotatable bonds is 1. The van der Waals surface area contributed by atoms with Gasteiger partial charge in [-0.3, -0.25) is 4.57 Å². The molecule has 1 aliphatic rings. The Morgan fingerprint density at radius 2 is 1.81 bits per heavy atom. The van der Waals surface area contributed by atoms with E-state index in [1.807, 2.05) is 0 Å². The molecular weight excluding hydrogens is 363 g/mol. The summed E-state index contributed by atoms with van der Waals surface area (Å²) in [4.78, 5) is 28.6. The third kappa shape index (κ3) is 4.12. The Morgan fingerprint density at radius 3 is 2.37 bits per heavy atom. The van der Waals surface area contributed by atoms with Gasteiger partial charge in [0.05, 0.1) is 16.6 Å². The van der Waals surface area contributed by atoms with E-state index in [9.17, 15) is 22.8 Å². The molecule has 0 bridgehead atoms. The van der Waals surface area contributed by atoms with Crippen LogP contribution in [-0.4, -0.2) is 39.2 Å². The smallest absolute Gasteiger partial charge is 0.416 e. The number of carbonyl (C=O) groups is 1. The molecule has 9 heteroatoms. The van der Waals surface area contributed by atoms with Crippen LogP contribution in [-0.2, 0) is 10.9 Å². The highest BCUT2D eigenvalue weighted by Crippen LogP contribution is 2.32. The van der Waals surface area contributed by atoms with Crippen LogP contribution in [0.4, 0.5) is 18.0 Å². The molecule has 1 amide bonds. The Balaban J connectivity index is 1.82. The number of hydrogen-bond acceptors (Lipinski definition) is 3. The molecule has 1 fully saturated rings. The summed E-state index contributed by atoms with van der Waals surface area (Å²) in [7, 11) is 0. The number of nitrogens with one attached hydrogen (secondary N) is 1. The van der Waals surface area contributed by atoms with Crippen LogP contribution in [0.15, 0.2) is 23.0 Å². The van der Waals surface area contributed by atoms with Crippen LogP contribution in [0.1, 0.15) is 45.2 Å². The van der Waals surface area contributed by atoms with Gasteiger partial charge in [0, 0.05) is 19.1 Å². The number of aromatic amines is 1. The number of hydrogen-bond donors (Lipinski definition) is 1. The lowest BCUT2D eigenvalue weighted by atomic mass is 10.0. The van der Waals surface area contributed by atoms with Crippen molar-refractivity contribution in [1.82, 2.24) is 14.5 Å². The van der Waals surface area contributed by atoms with Gasteiger partial charge < -0.3 is 14.6 Å². The SMILES string of the molecule is CC(C)(C)OC(=O)N1CCC(n2c(=O)[nH]c3ccc(C(F)(F)F)cc32)CC1. The van der Waals surface area contributed by atoms with Gasteiger partial charge >= 0.3 is 18.0 Å². The van der Waals surface area contributed by atoms with Crippen LogP contribution in [0.25, 0.3) is 11.0 Å². The topological polar surface area (TPSA) is 67.3 Å². The van der Waals surface area contributed by atoms with Crippen molar-refractivity contribution in [1.29, 1.82) is 0 Å². The molecule has 0 unspecified atom stereocenters. The molecule has 0 radical (unpaired) electrons. The van der Waals surface area contributed by atoms with Gasteiger partial charge in [-0.1, -0.05) is 0 Å². The van der Waals surface area contributed by atoms with Gasteiger partial charge in [0.15, 0.2) is 0 Å². The van der Waals surface area contributed by atoms with Gasteiger partial charge in [0.1, 0.15) is 5.60 Å². The monoisotopic (exact) mass is 385 g/mol. The summed E-state index contributed by atoms with van der Waals surface area (Å²) in [6.45, 7) is 6.08. The molecule has 2 aromatic rings. The van der Waals surface area contributed by atoms with E-state index >= 15 is 0 Å². The van der Waals surface area contributed by atoms with Crippen LogP contribution in [0.3, 0.4) is 0 Å². The van der Waals surface area contributed by atoms with Gasteiger partial charge in [-0.2, -0.15) is 13.2 Å². The summed E-state index contributed by atoms with van der Waals surface area (Å²) in [5.41, 5.74) is -1.25. The van der Waals surface area contributed by atoms with Crippen molar-refractivity contribution < 1.29 is 22.7 Å². The number of amides is 1. The fraction of sp³-hybridized carbons (Fsp3) is 0.556. The summed E-state index contributed by atoms with van der Waals surface area (Å²) < 4.78 is 45.8. The van der Waals surface area contributed by atoms with Crippen molar-refractivity contribution in [2.45, 2.75) is 51.4 Å². The van der Waals surface area contributed by atoms with Crippen LogP contribution in [0.5, 0.6) is 0 Å². The van der Waals surface area contributed by atoms with Crippen LogP contribution >= 0.6 is 0 Å². The van der Waals surface area contributed by atoms with Crippen molar-refractivity contribution in [3.63, 3.8) is 0 Å². The first-order chi connectivity index (χ1) is 12.5. The standard InChI is InChI=1S/C18H22F3N3O3/c1-17(2,3)27-16(26)23-8-6-12(7-9-23)24-14-10-11(18(19,20)21)4-5-13(14)22-15(24)25/h4-5,10,12H,6-9H2,1-3H3,(H,22,25). The fourth-order valence-electron chi connectivity index (χ4n) is 3.29. The Kier molecular flexibility index (Phi) is 4.73. The number of carbonyl (C=O) groups excluding carboxylic acids is 1. The van der Waals surface area contributed by atoms with E-state index in [1.165, 1.54) is 10.6 Å². The van der Waals surface area contributed by atoms with Crippen LogP contribution < -0.4 is 5.69 Å². The molecule has 0 atom stereocenters. The largest absolute Gasteiger partial charge is 0.444 e. The predicted molar refractivity (Wildman–Crippen MR) is 93.6 cm³/mol. The van der Waals surface area contributed by atoms with E-state index in [0.29, 0.717) is 31.4 Å². The lowest BCUT2D eigenvalue weighted by molar-refractivity contribution is -0.137. The number of nitrogens with zero attached hydrogens (tertiary/aromatic N) is 2. The zero-order valence-electron chi connectivity index (χ0n) is 15.4. The van der Waals surface area contributed by atoms with Crippen molar-refractivity contribution >= 4 is 17.1 Å². The average Bonchev–Trinajstić information content (AvgIpc) is 2.87. The third-order valence-electron chi connectivity index (χ3n) is 4.53. The molecule has 1 aromatic heterocycles. The minimum absolute atomic E-state index is 0.227. The molecule has 1 N–H and O–H groups in total. The van der Waals surface area contributed by atoms with Crippen molar-refractivity contribution in [3.05, 3.63) is 34.2 Å². The first kappa shape index (κ1) is 19.3. The second-order valence-electron chi connectivity index (χ2n) is 7.73. The molecule has 0 saturated carbocycles. The second kappa shape index (κ2) is 6.61. The summed E-state index contributed by atoms with van der Waals surface area (Å²) in [5.74, 6) is 0. The third-order valence-corrected chi connectivity index (χ3v) is 4.53. The lowest BCUT2D eigenvalue weighted by Gasteiger charge is -2.33. The Bertz CT molecular complexity index is 900. The fourth-order valence-corrected chi connectivity index (χ4v) is 3.29. The molecule has 1 saturated heterocycles. The van der Waals surface area contributed by atoms with Crippen molar-refractivity contribution in [2.24, 2.45) is 0 Å². The number of ether oxygens (including phenoxy) is 1. The average molecular weight is 385 g/mol. The molecule has 6 nitrogen and oxygen atoms in total. The summed E-state index contributed by atoms with van der Waals surface area (Å²) >= 11 is 0. The number of fused-ring (bicyclic) bond motifs is 1. The minimum atomic E-state index is -4.48. The van der Waals surface area contributed by atoms with E-state index in [2.05, 4.69) is 4.98 Å². The normalized spacial score (nSPS) is 16.7. The Hall–Kier alpha value is -2.45. The Labute approximate surface area is 153 Å². The van der Waals surface area contributed by atoms with E-state index in [-0.39, 0.29) is 11.6 Å². The number of likely N-dealkylation sites (tertiary alicyclic amines) is 1. The van der Waals surface area contributed by atoms with E-state index in [1.54, 1.807) is 25.7 Å². The summed E-state index contributed by atoms with van der Waals surface area (Å²) in [6.07, 6.45) is -3.98. The van der Waals surface area contributed by atoms with Gasteiger partial charge in [-0.15, -0.1) is 0 Å². The number of halogens is 3. The van der Waals surface area contributed by atoms with E-state index in [0.717, 1.165) is 12.1 Å². The number of aromatic nitrogens is 2. The molecule has 0 spiro atoms. The molecule has 148 valence electrons. The number of imidazole rings is 1. The zero-order chi connectivity index (χ0) is 20.0. The zero-order valence-corrected chi connectivity index (χ0v) is 15.4. The summed E-state index contributed by atoms with van der Waals surface area (Å²) in [5, 5.41) is 0. The van der Waals surface area contributed by atoms with Gasteiger partial charge in [-0.05, 0) is 51.8 Å². The number of H-pyrrole nitrogens is 1. The molecule has 1 aliphatic heterocycles. The van der Waals surface area contributed by atoms with Crippen molar-refractivity contribution in [2.75, 3.05) is 13.1 Å². The number of benzene rings is 1. The molecule has 3 rings (SSSR count). The Morgan fingerprint density at radius 1 is 1.19 bits per heavy atom. The van der Waals surface area contributed by atoms with Gasteiger partial charge in [-0.25, -0.2) is 9.59 Å². The highest BCUT2D eigenvalue weighted by atomic mass is 19.4. The predicted octanol–water partition coefficient (Wildman–Crippen LogP) is 3.92. The quantitative estimate of drug-likeness (QED) is 0.809. The first-order valence-electron chi connectivity index (χ1n) is 8.75. The van der Waals surface area contributed by atoms with Crippen molar-refractivity contribution in [3.8, 4) is 0 Å². The number of piperidine rings is 1. The van der Waals surface area contributed by atoms with Gasteiger partial charge in [0.25, 0.3) is 0 Å². The molecule has 0 aliphatic carbocycles.